The monoisotopic (exact) mass is 268 g/mol. The van der Waals surface area contributed by atoms with Gasteiger partial charge < -0.3 is 4.57 Å². The van der Waals surface area contributed by atoms with E-state index in [-0.39, 0.29) is 5.82 Å². The molecule has 1 aromatic carbocycles. The molecule has 2 nitrogen and oxygen atoms in total. The maximum atomic E-state index is 13.9. The molecule has 0 unspecified atom stereocenters. The van der Waals surface area contributed by atoms with Crippen LogP contribution in [0, 0.1) is 5.82 Å². The first-order valence-electron chi connectivity index (χ1n) is 6.47. The second kappa shape index (κ2) is 6.19. The highest BCUT2D eigenvalue weighted by molar-refractivity contribution is 6.17. The van der Waals surface area contributed by atoms with Crippen molar-refractivity contribution in [1.82, 2.24) is 9.55 Å². The van der Waals surface area contributed by atoms with Gasteiger partial charge in [-0.05, 0) is 18.6 Å². The number of alkyl halides is 1. The minimum Gasteiger partial charge on any atom is -0.326 e. The summed E-state index contributed by atoms with van der Waals surface area (Å²) in [5, 5.41) is 0. The zero-order valence-electron chi connectivity index (χ0n) is 10.6. The molecule has 1 heterocycles. The minimum atomic E-state index is -0.197. The zero-order valence-corrected chi connectivity index (χ0v) is 11.4. The van der Waals surface area contributed by atoms with Crippen LogP contribution in [-0.4, -0.2) is 15.4 Å². The molecule has 0 bridgehead atoms. The van der Waals surface area contributed by atoms with E-state index in [1.165, 1.54) is 6.07 Å². The summed E-state index contributed by atoms with van der Waals surface area (Å²) in [5.41, 5.74) is 1.35. The zero-order chi connectivity index (χ0) is 13.0. The quantitative estimate of drug-likeness (QED) is 0.569. The molecule has 0 saturated heterocycles. The van der Waals surface area contributed by atoms with Crippen LogP contribution in [-0.2, 0) is 13.0 Å². The van der Waals surface area contributed by atoms with Gasteiger partial charge in [0, 0.05) is 18.8 Å². The molecule has 0 aliphatic carbocycles. The predicted octanol–water partition coefficient (Wildman–Crippen LogP) is 4.15. The third-order valence-corrected chi connectivity index (χ3v) is 3.29. The van der Waals surface area contributed by atoms with Crippen molar-refractivity contribution in [3.05, 3.63) is 29.8 Å². The van der Waals surface area contributed by atoms with Gasteiger partial charge in [-0.2, -0.15) is 0 Å². The highest BCUT2D eigenvalue weighted by Crippen LogP contribution is 2.21. The van der Waals surface area contributed by atoms with Gasteiger partial charge in [0.1, 0.15) is 17.2 Å². The van der Waals surface area contributed by atoms with Crippen LogP contribution in [0.3, 0.4) is 0 Å². The molecule has 0 aliphatic rings. The van der Waals surface area contributed by atoms with Gasteiger partial charge in [0.15, 0.2) is 0 Å². The lowest BCUT2D eigenvalue weighted by atomic mass is 10.2. The number of aromatic nitrogens is 2. The molecule has 98 valence electrons. The van der Waals surface area contributed by atoms with E-state index in [0.29, 0.717) is 17.8 Å². The van der Waals surface area contributed by atoms with Gasteiger partial charge in [0.2, 0.25) is 0 Å². The Bertz CT molecular complexity index is 522. The smallest absolute Gasteiger partial charge is 0.149 e. The molecule has 0 radical (unpaired) electrons. The number of unbranched alkanes of at least 4 members (excludes halogenated alkanes) is 2. The molecule has 0 aliphatic heterocycles. The van der Waals surface area contributed by atoms with Crippen molar-refractivity contribution >= 4 is 22.6 Å². The lowest BCUT2D eigenvalue weighted by molar-refractivity contribution is 0.577. The minimum absolute atomic E-state index is 0.197. The number of nitrogens with zero attached hydrogens (tertiary/aromatic N) is 2. The normalized spacial score (nSPS) is 11.3. The van der Waals surface area contributed by atoms with Crippen molar-refractivity contribution in [1.29, 1.82) is 0 Å². The summed E-state index contributed by atoms with van der Waals surface area (Å²) in [6.07, 6.45) is 4.03. The Hall–Kier alpha value is -1.09. The van der Waals surface area contributed by atoms with Crippen LogP contribution in [0.5, 0.6) is 0 Å². The molecule has 0 saturated carbocycles. The Morgan fingerprint density at radius 1 is 1.33 bits per heavy atom. The molecule has 0 N–H and O–H groups in total. The number of benzene rings is 1. The maximum absolute atomic E-state index is 13.9. The van der Waals surface area contributed by atoms with Crippen LogP contribution in [0.25, 0.3) is 11.0 Å². The Labute approximate surface area is 112 Å². The van der Waals surface area contributed by atoms with Crippen LogP contribution in [0.1, 0.15) is 32.0 Å². The summed E-state index contributed by atoms with van der Waals surface area (Å²) in [7, 11) is 0. The molecular formula is C14H18ClFN2. The number of aryl methyl sites for hydroxylation is 2. The SMILES string of the molecule is CCCCCn1c(CCCl)nc2cccc(F)c21. The van der Waals surface area contributed by atoms with E-state index in [0.717, 1.165) is 37.1 Å². The van der Waals surface area contributed by atoms with Crippen molar-refractivity contribution < 1.29 is 4.39 Å². The fourth-order valence-corrected chi connectivity index (χ4v) is 2.40. The van der Waals surface area contributed by atoms with Gasteiger partial charge in [-0.15, -0.1) is 11.6 Å². The fourth-order valence-electron chi connectivity index (χ4n) is 2.23. The maximum Gasteiger partial charge on any atom is 0.149 e. The Morgan fingerprint density at radius 3 is 2.89 bits per heavy atom. The summed E-state index contributed by atoms with van der Waals surface area (Å²) >= 11 is 5.79. The molecular weight excluding hydrogens is 251 g/mol. The first kappa shape index (κ1) is 13.3. The Kier molecular flexibility index (Phi) is 4.59. The van der Waals surface area contributed by atoms with Gasteiger partial charge in [-0.25, -0.2) is 9.37 Å². The van der Waals surface area contributed by atoms with Gasteiger partial charge in [0.05, 0.1) is 5.52 Å². The third-order valence-electron chi connectivity index (χ3n) is 3.10. The summed E-state index contributed by atoms with van der Waals surface area (Å²) in [6.45, 7) is 2.98. The Balaban J connectivity index is 2.40. The van der Waals surface area contributed by atoms with Gasteiger partial charge in [-0.1, -0.05) is 25.8 Å². The third kappa shape index (κ3) is 2.66. The molecule has 0 amide bonds. The molecule has 4 heteroatoms. The van der Waals surface area contributed by atoms with Crippen LogP contribution in [0.4, 0.5) is 4.39 Å². The molecule has 2 rings (SSSR count). The molecule has 18 heavy (non-hydrogen) atoms. The average molecular weight is 269 g/mol. The lowest BCUT2D eigenvalue weighted by Crippen LogP contribution is -2.05. The Morgan fingerprint density at radius 2 is 2.17 bits per heavy atom. The van der Waals surface area contributed by atoms with Gasteiger partial charge in [0.25, 0.3) is 0 Å². The highest BCUT2D eigenvalue weighted by atomic mass is 35.5. The van der Waals surface area contributed by atoms with E-state index in [4.69, 9.17) is 11.6 Å². The van der Waals surface area contributed by atoms with Crippen molar-refractivity contribution in [2.75, 3.05) is 5.88 Å². The van der Waals surface area contributed by atoms with Crippen molar-refractivity contribution in [3.63, 3.8) is 0 Å². The number of halogens is 2. The second-order valence-electron chi connectivity index (χ2n) is 4.43. The summed E-state index contributed by atoms with van der Waals surface area (Å²) < 4.78 is 15.9. The number of fused-ring (bicyclic) bond motifs is 1. The number of para-hydroxylation sites is 1. The lowest BCUT2D eigenvalue weighted by Gasteiger charge is -2.08. The molecule has 2 aromatic rings. The van der Waals surface area contributed by atoms with E-state index in [1.807, 2.05) is 10.6 Å². The topological polar surface area (TPSA) is 17.8 Å². The van der Waals surface area contributed by atoms with Crippen LogP contribution in [0.2, 0.25) is 0 Å². The number of hydrogen-bond acceptors (Lipinski definition) is 1. The second-order valence-corrected chi connectivity index (χ2v) is 4.81. The van der Waals surface area contributed by atoms with E-state index in [9.17, 15) is 4.39 Å². The van der Waals surface area contributed by atoms with Gasteiger partial charge in [-0.3, -0.25) is 0 Å². The standard InChI is InChI=1S/C14H18ClFN2/c1-2-3-4-10-18-13(8-9-15)17-12-7-5-6-11(16)14(12)18/h5-7H,2-4,8-10H2,1H3. The largest absolute Gasteiger partial charge is 0.326 e. The first-order valence-corrected chi connectivity index (χ1v) is 7.01. The number of imidazole rings is 1. The summed E-state index contributed by atoms with van der Waals surface area (Å²) in [4.78, 5) is 4.48. The first-order chi connectivity index (χ1) is 8.77. The number of rotatable bonds is 6. The van der Waals surface area contributed by atoms with Crippen molar-refractivity contribution in [2.24, 2.45) is 0 Å². The molecule has 0 fully saturated rings. The van der Waals surface area contributed by atoms with Gasteiger partial charge >= 0.3 is 0 Å². The van der Waals surface area contributed by atoms with E-state index < -0.39 is 0 Å². The van der Waals surface area contributed by atoms with Crippen LogP contribution < -0.4 is 0 Å². The fraction of sp³-hybridized carbons (Fsp3) is 0.500. The van der Waals surface area contributed by atoms with Crippen molar-refractivity contribution in [2.45, 2.75) is 39.2 Å². The summed E-state index contributed by atoms with van der Waals surface area (Å²) in [5.74, 6) is 1.21. The predicted molar refractivity (Wildman–Crippen MR) is 73.6 cm³/mol. The highest BCUT2D eigenvalue weighted by Gasteiger charge is 2.13. The average Bonchev–Trinajstić information content (AvgIpc) is 2.70. The van der Waals surface area contributed by atoms with Crippen molar-refractivity contribution in [3.8, 4) is 0 Å². The number of hydrogen-bond donors (Lipinski definition) is 0. The molecule has 0 atom stereocenters. The van der Waals surface area contributed by atoms with E-state index >= 15 is 0 Å². The van der Waals surface area contributed by atoms with Crippen LogP contribution >= 0.6 is 11.6 Å². The summed E-state index contributed by atoms with van der Waals surface area (Å²) in [6, 6.07) is 5.04. The van der Waals surface area contributed by atoms with E-state index in [1.54, 1.807) is 6.07 Å². The molecule has 0 spiro atoms. The van der Waals surface area contributed by atoms with E-state index in [2.05, 4.69) is 11.9 Å². The van der Waals surface area contributed by atoms with Crippen LogP contribution in [0.15, 0.2) is 18.2 Å². The molecule has 1 aromatic heterocycles.